The summed E-state index contributed by atoms with van der Waals surface area (Å²) in [6.07, 6.45) is 5.24. The van der Waals surface area contributed by atoms with Crippen LogP contribution < -0.4 is 5.32 Å². The number of halogens is 1. The Morgan fingerprint density at radius 2 is 1.90 bits per heavy atom. The molecule has 0 radical (unpaired) electrons. The molecule has 1 aliphatic rings. The summed E-state index contributed by atoms with van der Waals surface area (Å²) in [6.45, 7) is 2.31. The molecule has 0 spiro atoms. The summed E-state index contributed by atoms with van der Waals surface area (Å²) in [7, 11) is 2.06. The van der Waals surface area contributed by atoms with E-state index in [-0.39, 0.29) is 0 Å². The van der Waals surface area contributed by atoms with Gasteiger partial charge in [-0.2, -0.15) is 0 Å². The van der Waals surface area contributed by atoms with Crippen molar-refractivity contribution in [1.29, 1.82) is 0 Å². The Morgan fingerprint density at radius 3 is 2.30 bits per heavy atom. The first-order valence-corrected chi connectivity index (χ1v) is 4.91. The second kappa shape index (κ2) is 3.22. The Balaban J connectivity index is 2.38. The van der Waals surface area contributed by atoms with Crippen molar-refractivity contribution in [2.75, 3.05) is 7.05 Å². The molecule has 0 atom stereocenters. The smallest absolute Gasteiger partial charge is 0.0151 e. The summed E-state index contributed by atoms with van der Waals surface area (Å²) < 4.78 is 0. The van der Waals surface area contributed by atoms with Gasteiger partial charge in [0.05, 0.1) is 0 Å². The zero-order valence-corrected chi connectivity index (χ0v) is 8.37. The minimum Gasteiger partial charge on any atom is -0.315 e. The third-order valence-corrected chi connectivity index (χ3v) is 3.54. The van der Waals surface area contributed by atoms with E-state index in [0.717, 1.165) is 4.83 Å². The molecule has 2 heteroatoms. The van der Waals surface area contributed by atoms with Crippen molar-refractivity contribution in [1.82, 2.24) is 5.32 Å². The molecule has 0 aromatic heterocycles. The Morgan fingerprint density at radius 1 is 1.40 bits per heavy atom. The van der Waals surface area contributed by atoms with E-state index < -0.39 is 0 Å². The van der Waals surface area contributed by atoms with Crippen LogP contribution in [0.4, 0.5) is 0 Å². The van der Waals surface area contributed by atoms with Gasteiger partial charge in [0, 0.05) is 10.4 Å². The Kier molecular flexibility index (Phi) is 2.75. The van der Waals surface area contributed by atoms with Crippen molar-refractivity contribution >= 4 is 15.9 Å². The first-order chi connectivity index (χ1) is 4.66. The van der Waals surface area contributed by atoms with E-state index in [1.165, 1.54) is 25.7 Å². The molecule has 0 saturated heterocycles. The summed E-state index contributed by atoms with van der Waals surface area (Å²) in [4.78, 5) is 0.772. The van der Waals surface area contributed by atoms with Crippen LogP contribution in [0, 0.1) is 0 Å². The predicted molar refractivity (Wildman–Crippen MR) is 48.6 cm³/mol. The molecule has 60 valence electrons. The van der Waals surface area contributed by atoms with Crippen LogP contribution in [-0.2, 0) is 0 Å². The number of hydrogen-bond acceptors (Lipinski definition) is 1. The number of rotatable bonds is 1. The van der Waals surface area contributed by atoms with E-state index >= 15 is 0 Å². The number of alkyl halides is 1. The maximum Gasteiger partial charge on any atom is 0.0151 e. The molecule has 0 aromatic carbocycles. The van der Waals surface area contributed by atoms with Crippen molar-refractivity contribution < 1.29 is 0 Å². The molecule has 0 bridgehead atoms. The Hall–Kier alpha value is 0.440. The third-order valence-electron chi connectivity index (χ3n) is 2.62. The first-order valence-electron chi connectivity index (χ1n) is 3.99. The van der Waals surface area contributed by atoms with Crippen LogP contribution >= 0.6 is 15.9 Å². The van der Waals surface area contributed by atoms with Crippen LogP contribution in [-0.4, -0.2) is 17.4 Å². The van der Waals surface area contributed by atoms with Gasteiger partial charge >= 0.3 is 0 Å². The fraction of sp³-hybridized carbons (Fsp3) is 1.00. The van der Waals surface area contributed by atoms with Gasteiger partial charge in [-0.15, -0.1) is 0 Å². The van der Waals surface area contributed by atoms with Gasteiger partial charge < -0.3 is 5.32 Å². The van der Waals surface area contributed by atoms with Gasteiger partial charge in [-0.05, 0) is 39.7 Å². The first kappa shape index (κ1) is 8.54. The lowest BCUT2D eigenvalue weighted by Crippen LogP contribution is -2.43. The molecule has 10 heavy (non-hydrogen) atoms. The molecule has 1 nitrogen and oxygen atoms in total. The highest BCUT2D eigenvalue weighted by Gasteiger charge is 2.27. The molecule has 0 aliphatic heterocycles. The van der Waals surface area contributed by atoms with Crippen LogP contribution in [0.3, 0.4) is 0 Å². The fourth-order valence-corrected chi connectivity index (χ4v) is 1.93. The van der Waals surface area contributed by atoms with Crippen molar-refractivity contribution in [3.63, 3.8) is 0 Å². The molecule has 0 heterocycles. The topological polar surface area (TPSA) is 12.0 Å². The van der Waals surface area contributed by atoms with E-state index in [1.54, 1.807) is 0 Å². The van der Waals surface area contributed by atoms with Crippen LogP contribution in [0.25, 0.3) is 0 Å². The summed E-state index contributed by atoms with van der Waals surface area (Å²) in [5.74, 6) is 0. The second-order valence-corrected chi connectivity index (χ2v) is 4.78. The Bertz CT molecular complexity index is 106. The van der Waals surface area contributed by atoms with Crippen LogP contribution in [0.15, 0.2) is 0 Å². The molecular weight excluding hydrogens is 190 g/mol. The average molecular weight is 206 g/mol. The highest BCUT2D eigenvalue weighted by molar-refractivity contribution is 9.09. The monoisotopic (exact) mass is 205 g/mol. The molecule has 0 aromatic rings. The van der Waals surface area contributed by atoms with Gasteiger partial charge in [0.2, 0.25) is 0 Å². The lowest BCUT2D eigenvalue weighted by molar-refractivity contribution is 0.278. The average Bonchev–Trinajstić information content (AvgIpc) is 1.96. The van der Waals surface area contributed by atoms with Crippen molar-refractivity contribution in [2.24, 2.45) is 0 Å². The summed E-state index contributed by atoms with van der Waals surface area (Å²) in [5.41, 5.74) is 0.421. The van der Waals surface area contributed by atoms with Crippen LogP contribution in [0.2, 0.25) is 0 Å². The maximum atomic E-state index is 3.64. The van der Waals surface area contributed by atoms with E-state index in [2.05, 4.69) is 35.2 Å². The molecule has 1 N–H and O–H groups in total. The highest BCUT2D eigenvalue weighted by Crippen LogP contribution is 2.30. The molecule has 1 rings (SSSR count). The van der Waals surface area contributed by atoms with E-state index in [1.807, 2.05) is 0 Å². The lowest BCUT2D eigenvalue weighted by Gasteiger charge is -2.35. The maximum absolute atomic E-state index is 3.64. The zero-order valence-electron chi connectivity index (χ0n) is 6.78. The largest absolute Gasteiger partial charge is 0.315 e. The van der Waals surface area contributed by atoms with E-state index in [9.17, 15) is 0 Å². The molecular formula is C8H16BrN. The van der Waals surface area contributed by atoms with Crippen LogP contribution in [0.1, 0.15) is 32.6 Å². The zero-order chi connectivity index (χ0) is 7.61. The third kappa shape index (κ3) is 1.96. The van der Waals surface area contributed by atoms with Crippen molar-refractivity contribution in [2.45, 2.75) is 43.0 Å². The van der Waals surface area contributed by atoms with Gasteiger partial charge in [-0.3, -0.25) is 0 Å². The summed E-state index contributed by atoms with van der Waals surface area (Å²) >= 11 is 3.64. The molecule has 1 aliphatic carbocycles. The molecule has 1 saturated carbocycles. The number of nitrogens with one attached hydrogen (secondary N) is 1. The normalized spacial score (nSPS) is 41.7. The minimum atomic E-state index is 0.421. The number of hydrogen-bond donors (Lipinski definition) is 1. The highest BCUT2D eigenvalue weighted by atomic mass is 79.9. The van der Waals surface area contributed by atoms with Crippen molar-refractivity contribution in [3.8, 4) is 0 Å². The van der Waals surface area contributed by atoms with E-state index in [4.69, 9.17) is 0 Å². The van der Waals surface area contributed by atoms with Crippen LogP contribution in [0.5, 0.6) is 0 Å². The fourth-order valence-electron chi connectivity index (χ4n) is 1.47. The van der Waals surface area contributed by atoms with Gasteiger partial charge in [0.15, 0.2) is 0 Å². The van der Waals surface area contributed by atoms with Gasteiger partial charge in [-0.1, -0.05) is 15.9 Å². The standard InChI is InChI=1S/C8H16BrN/c1-8(10-2)5-3-7(9)4-6-8/h7,10H,3-6H2,1-2H3. The SMILES string of the molecule is CNC1(C)CCC(Br)CC1. The molecule has 1 fully saturated rings. The van der Waals surface area contributed by atoms with Gasteiger partial charge in [0.25, 0.3) is 0 Å². The molecule has 0 unspecified atom stereocenters. The summed E-state index contributed by atoms with van der Waals surface area (Å²) in [6, 6.07) is 0. The predicted octanol–water partition coefficient (Wildman–Crippen LogP) is 2.30. The lowest BCUT2D eigenvalue weighted by atomic mass is 9.83. The summed E-state index contributed by atoms with van der Waals surface area (Å²) in [5, 5.41) is 3.38. The quantitative estimate of drug-likeness (QED) is 0.649. The Labute approximate surface area is 71.7 Å². The molecule has 0 amide bonds. The van der Waals surface area contributed by atoms with E-state index in [0.29, 0.717) is 5.54 Å². The van der Waals surface area contributed by atoms with Gasteiger partial charge in [-0.25, -0.2) is 0 Å². The van der Waals surface area contributed by atoms with Crippen molar-refractivity contribution in [3.05, 3.63) is 0 Å². The second-order valence-electron chi connectivity index (χ2n) is 3.49. The minimum absolute atomic E-state index is 0.421. The van der Waals surface area contributed by atoms with Gasteiger partial charge in [0.1, 0.15) is 0 Å².